The molecule has 3 rings (SSSR count). The first kappa shape index (κ1) is 13.5. The Hall–Kier alpha value is -2.50. The zero-order valence-corrected chi connectivity index (χ0v) is 10.8. The van der Waals surface area contributed by atoms with Crippen molar-refractivity contribution >= 4 is 17.3 Å². The van der Waals surface area contributed by atoms with Gasteiger partial charge < -0.3 is 10.6 Å². The molecule has 0 radical (unpaired) electrons. The minimum absolute atomic E-state index is 0.110. The van der Waals surface area contributed by atoms with E-state index in [4.69, 9.17) is 0 Å². The van der Waals surface area contributed by atoms with E-state index in [9.17, 15) is 18.0 Å². The van der Waals surface area contributed by atoms with E-state index in [2.05, 4.69) is 10.6 Å². The average molecular weight is 292 g/mol. The molecule has 1 unspecified atom stereocenters. The molecule has 108 valence electrons. The molecule has 2 N–H and O–H groups in total. The molecule has 2 aromatic rings. The second-order valence-corrected chi connectivity index (χ2v) is 4.76. The molecule has 3 nitrogen and oxygen atoms in total. The maximum atomic E-state index is 13.1. The van der Waals surface area contributed by atoms with Crippen LogP contribution in [0.25, 0.3) is 0 Å². The van der Waals surface area contributed by atoms with Gasteiger partial charge in [0, 0.05) is 30.1 Å². The third kappa shape index (κ3) is 2.44. The predicted octanol–water partition coefficient (Wildman–Crippen LogP) is 3.25. The van der Waals surface area contributed by atoms with Crippen molar-refractivity contribution in [1.82, 2.24) is 0 Å². The van der Waals surface area contributed by atoms with E-state index in [1.165, 1.54) is 0 Å². The van der Waals surface area contributed by atoms with Gasteiger partial charge in [-0.3, -0.25) is 4.79 Å². The quantitative estimate of drug-likeness (QED) is 0.834. The summed E-state index contributed by atoms with van der Waals surface area (Å²) in [5, 5.41) is 5.49. The van der Waals surface area contributed by atoms with Crippen LogP contribution in [0, 0.1) is 17.5 Å². The fourth-order valence-electron chi connectivity index (χ4n) is 2.37. The van der Waals surface area contributed by atoms with Crippen molar-refractivity contribution in [2.75, 3.05) is 17.2 Å². The summed E-state index contributed by atoms with van der Waals surface area (Å²) < 4.78 is 39.1. The molecule has 0 aromatic heterocycles. The lowest BCUT2D eigenvalue weighted by Gasteiger charge is -2.11. The van der Waals surface area contributed by atoms with Gasteiger partial charge in [0.2, 0.25) is 5.91 Å². The summed E-state index contributed by atoms with van der Waals surface area (Å²) >= 11 is 0. The van der Waals surface area contributed by atoms with Crippen LogP contribution in [-0.2, 0) is 4.79 Å². The molecule has 1 aliphatic rings. The molecule has 0 fully saturated rings. The Labute approximate surface area is 118 Å². The molecule has 2 aromatic carbocycles. The molecule has 0 saturated heterocycles. The van der Waals surface area contributed by atoms with E-state index in [0.29, 0.717) is 6.54 Å². The molecule has 0 aliphatic carbocycles. The van der Waals surface area contributed by atoms with Crippen LogP contribution < -0.4 is 10.6 Å². The zero-order chi connectivity index (χ0) is 15.0. The number of nitrogens with one attached hydrogen (secondary N) is 2. The van der Waals surface area contributed by atoms with Gasteiger partial charge in [0.15, 0.2) is 17.5 Å². The van der Waals surface area contributed by atoms with Crippen molar-refractivity contribution in [2.24, 2.45) is 0 Å². The molecule has 0 bridgehead atoms. The van der Waals surface area contributed by atoms with E-state index < -0.39 is 29.3 Å². The van der Waals surface area contributed by atoms with E-state index in [-0.39, 0.29) is 5.69 Å². The van der Waals surface area contributed by atoms with Crippen LogP contribution in [0.1, 0.15) is 11.5 Å². The largest absolute Gasteiger partial charge is 0.384 e. The Morgan fingerprint density at radius 3 is 2.52 bits per heavy atom. The average Bonchev–Trinajstić information content (AvgIpc) is 2.88. The lowest BCUT2D eigenvalue weighted by atomic mass is 10.0. The monoisotopic (exact) mass is 292 g/mol. The number of hydrogen-bond acceptors (Lipinski definition) is 2. The van der Waals surface area contributed by atoms with Gasteiger partial charge >= 0.3 is 0 Å². The molecule has 1 atom stereocenters. The predicted molar refractivity (Wildman–Crippen MR) is 72.6 cm³/mol. The summed E-state index contributed by atoms with van der Waals surface area (Å²) in [7, 11) is 0. The molecule has 21 heavy (non-hydrogen) atoms. The number of para-hydroxylation sites is 1. The number of benzene rings is 2. The number of fused-ring (bicyclic) bond motifs is 1. The highest BCUT2D eigenvalue weighted by molar-refractivity contribution is 5.98. The van der Waals surface area contributed by atoms with Crippen LogP contribution in [0.2, 0.25) is 0 Å². The Morgan fingerprint density at radius 1 is 1.14 bits per heavy atom. The second kappa shape index (κ2) is 5.12. The summed E-state index contributed by atoms with van der Waals surface area (Å²) in [6.07, 6.45) is 0. The molecule has 0 spiro atoms. The molecule has 0 saturated carbocycles. The van der Waals surface area contributed by atoms with Crippen LogP contribution in [0.3, 0.4) is 0 Å². The van der Waals surface area contributed by atoms with Gasteiger partial charge in [0.05, 0.1) is 5.92 Å². The van der Waals surface area contributed by atoms with E-state index in [1.54, 1.807) is 0 Å². The second-order valence-electron chi connectivity index (χ2n) is 4.76. The standard InChI is InChI=1S/C15H11F3N2O/c16-11-5-8(6-12(17)14(11)18)20-15(21)10-7-19-13-4-2-1-3-9(10)13/h1-6,10,19H,7H2,(H,20,21). The number of carbonyl (C=O) groups is 1. The molecular weight excluding hydrogens is 281 g/mol. The zero-order valence-electron chi connectivity index (χ0n) is 10.8. The summed E-state index contributed by atoms with van der Waals surface area (Å²) in [5.41, 5.74) is 1.56. The lowest BCUT2D eigenvalue weighted by Crippen LogP contribution is -2.22. The van der Waals surface area contributed by atoms with Crippen molar-refractivity contribution in [3.05, 3.63) is 59.4 Å². The van der Waals surface area contributed by atoms with Crippen molar-refractivity contribution in [3.63, 3.8) is 0 Å². The summed E-state index contributed by atoms with van der Waals surface area (Å²) in [6.45, 7) is 0.400. The first-order valence-corrected chi connectivity index (χ1v) is 6.34. The highest BCUT2D eigenvalue weighted by atomic mass is 19.2. The summed E-state index contributed by atoms with van der Waals surface area (Å²) in [5.74, 6) is -5.10. The Balaban J connectivity index is 1.82. The van der Waals surface area contributed by atoms with E-state index in [0.717, 1.165) is 23.4 Å². The number of halogens is 3. The van der Waals surface area contributed by atoms with Crippen LogP contribution in [0.5, 0.6) is 0 Å². The Bertz CT molecular complexity index is 695. The van der Waals surface area contributed by atoms with Crippen LogP contribution in [0.15, 0.2) is 36.4 Å². The molecule has 6 heteroatoms. The summed E-state index contributed by atoms with van der Waals surface area (Å²) in [4.78, 5) is 12.2. The topological polar surface area (TPSA) is 41.1 Å². The maximum Gasteiger partial charge on any atom is 0.233 e. The van der Waals surface area contributed by atoms with Gasteiger partial charge in [-0.1, -0.05) is 18.2 Å². The van der Waals surface area contributed by atoms with E-state index >= 15 is 0 Å². The Kier molecular flexibility index (Phi) is 3.29. The Morgan fingerprint density at radius 2 is 1.81 bits per heavy atom. The minimum Gasteiger partial charge on any atom is -0.384 e. The van der Waals surface area contributed by atoms with Gasteiger partial charge in [0.25, 0.3) is 0 Å². The third-order valence-electron chi connectivity index (χ3n) is 3.40. The highest BCUT2D eigenvalue weighted by Gasteiger charge is 2.28. The van der Waals surface area contributed by atoms with Gasteiger partial charge in [0.1, 0.15) is 0 Å². The van der Waals surface area contributed by atoms with Gasteiger partial charge in [-0.05, 0) is 11.6 Å². The molecule has 1 aliphatic heterocycles. The first-order chi connectivity index (χ1) is 10.1. The number of hydrogen-bond donors (Lipinski definition) is 2. The number of carbonyl (C=O) groups excluding carboxylic acids is 1. The smallest absolute Gasteiger partial charge is 0.233 e. The van der Waals surface area contributed by atoms with Crippen LogP contribution >= 0.6 is 0 Å². The normalized spacial score (nSPS) is 16.2. The van der Waals surface area contributed by atoms with Gasteiger partial charge in [-0.2, -0.15) is 0 Å². The fourth-order valence-corrected chi connectivity index (χ4v) is 2.37. The number of anilines is 2. The molecular formula is C15H11F3N2O. The van der Waals surface area contributed by atoms with Crippen molar-refractivity contribution < 1.29 is 18.0 Å². The molecule has 1 heterocycles. The van der Waals surface area contributed by atoms with Crippen LogP contribution in [0.4, 0.5) is 24.5 Å². The maximum absolute atomic E-state index is 13.1. The van der Waals surface area contributed by atoms with Crippen molar-refractivity contribution in [1.29, 1.82) is 0 Å². The minimum atomic E-state index is -1.55. The highest BCUT2D eigenvalue weighted by Crippen LogP contribution is 2.32. The third-order valence-corrected chi connectivity index (χ3v) is 3.40. The lowest BCUT2D eigenvalue weighted by molar-refractivity contribution is -0.117. The molecule has 1 amide bonds. The van der Waals surface area contributed by atoms with Crippen LogP contribution in [-0.4, -0.2) is 12.5 Å². The van der Waals surface area contributed by atoms with Crippen molar-refractivity contribution in [3.8, 4) is 0 Å². The van der Waals surface area contributed by atoms with Gasteiger partial charge in [-0.25, -0.2) is 13.2 Å². The summed E-state index contributed by atoms with van der Waals surface area (Å²) in [6, 6.07) is 8.82. The van der Waals surface area contributed by atoms with E-state index in [1.807, 2.05) is 24.3 Å². The van der Waals surface area contributed by atoms with Crippen molar-refractivity contribution in [2.45, 2.75) is 5.92 Å². The number of amides is 1. The van der Waals surface area contributed by atoms with Gasteiger partial charge in [-0.15, -0.1) is 0 Å². The first-order valence-electron chi connectivity index (χ1n) is 6.34. The SMILES string of the molecule is O=C(Nc1cc(F)c(F)c(F)c1)C1CNc2ccccc21. The number of rotatable bonds is 2. The fraction of sp³-hybridized carbons (Fsp3) is 0.133.